The van der Waals surface area contributed by atoms with Gasteiger partial charge in [-0.3, -0.25) is 4.79 Å². The summed E-state index contributed by atoms with van der Waals surface area (Å²) in [5, 5.41) is 15.3. The molecule has 0 aliphatic heterocycles. The molecule has 0 aliphatic carbocycles. The number of carboxylic acids is 1. The normalized spacial score (nSPS) is 13.1. The number of amides is 2. The first kappa shape index (κ1) is 18.4. The van der Waals surface area contributed by atoms with Gasteiger partial charge in [-0.1, -0.05) is 24.2 Å². The van der Waals surface area contributed by atoms with Gasteiger partial charge in [0, 0.05) is 19.2 Å². The zero-order valence-electron chi connectivity index (χ0n) is 14.1. The highest BCUT2D eigenvalue weighted by Gasteiger charge is 2.21. The third-order valence-corrected chi connectivity index (χ3v) is 3.55. The van der Waals surface area contributed by atoms with Gasteiger partial charge in [-0.05, 0) is 19.1 Å². The number of nitrogens with zero attached hydrogens (tertiary/aromatic N) is 3. The maximum absolute atomic E-state index is 13.2. The summed E-state index contributed by atoms with van der Waals surface area (Å²) in [6.45, 7) is 3.22. The van der Waals surface area contributed by atoms with Gasteiger partial charge in [0.15, 0.2) is 0 Å². The minimum absolute atomic E-state index is 0.0618. The second-order valence-corrected chi connectivity index (χ2v) is 5.76. The van der Waals surface area contributed by atoms with Crippen molar-refractivity contribution in [1.29, 1.82) is 0 Å². The lowest BCUT2D eigenvalue weighted by Crippen LogP contribution is -2.41. The number of aliphatic carboxylic acids is 1. The van der Waals surface area contributed by atoms with E-state index >= 15 is 0 Å². The summed E-state index contributed by atoms with van der Waals surface area (Å²) in [4.78, 5) is 28.3. The molecule has 2 N–H and O–H groups in total. The number of hydrogen-bond acceptors (Lipinski definition) is 5. The molecule has 2 aromatic rings. The van der Waals surface area contributed by atoms with Crippen molar-refractivity contribution < 1.29 is 23.6 Å². The van der Waals surface area contributed by atoms with Crippen molar-refractivity contribution >= 4 is 12.0 Å². The van der Waals surface area contributed by atoms with Gasteiger partial charge in [-0.15, -0.1) is 0 Å². The van der Waals surface area contributed by atoms with Crippen LogP contribution >= 0.6 is 0 Å². The van der Waals surface area contributed by atoms with Gasteiger partial charge < -0.3 is 19.8 Å². The van der Waals surface area contributed by atoms with Crippen molar-refractivity contribution in [3.8, 4) is 11.4 Å². The van der Waals surface area contributed by atoms with Crippen LogP contribution in [0.4, 0.5) is 9.18 Å². The molecule has 134 valence electrons. The first-order valence-corrected chi connectivity index (χ1v) is 7.62. The summed E-state index contributed by atoms with van der Waals surface area (Å²) >= 11 is 0. The molecule has 9 heteroatoms. The summed E-state index contributed by atoms with van der Waals surface area (Å²) in [5.74, 6) is -1.71. The fourth-order valence-electron chi connectivity index (χ4n) is 2.08. The molecule has 0 spiro atoms. The van der Waals surface area contributed by atoms with Crippen LogP contribution in [0.1, 0.15) is 25.8 Å². The summed E-state index contributed by atoms with van der Waals surface area (Å²) in [5.41, 5.74) is 0.459. The minimum atomic E-state index is -0.982. The van der Waals surface area contributed by atoms with Crippen molar-refractivity contribution in [2.24, 2.45) is 5.92 Å². The molecule has 25 heavy (non-hydrogen) atoms. The SMILES string of the molecule is CC(CN(C)C(=O)NC(C)c1nc(-c2cccc(F)c2)no1)C(=O)O. The standard InChI is InChI=1S/C16H19FN4O4/c1-9(15(22)23)8-21(3)16(24)18-10(2)14-19-13(20-25-14)11-5-4-6-12(17)7-11/h4-7,9-10H,8H2,1-3H3,(H,18,24)(H,22,23). The Hall–Kier alpha value is -2.97. The lowest BCUT2D eigenvalue weighted by molar-refractivity contribution is -0.141. The van der Waals surface area contributed by atoms with Crippen LogP contribution in [0.15, 0.2) is 28.8 Å². The minimum Gasteiger partial charge on any atom is -0.481 e. The maximum Gasteiger partial charge on any atom is 0.317 e. The zero-order chi connectivity index (χ0) is 18.6. The molecular formula is C16H19FN4O4. The Morgan fingerprint density at radius 2 is 2.12 bits per heavy atom. The fraction of sp³-hybridized carbons (Fsp3) is 0.375. The van der Waals surface area contributed by atoms with Crippen LogP contribution in [0.2, 0.25) is 0 Å². The van der Waals surface area contributed by atoms with Crippen LogP contribution in [-0.4, -0.2) is 45.7 Å². The van der Waals surface area contributed by atoms with E-state index in [0.29, 0.717) is 5.56 Å². The molecule has 0 saturated carbocycles. The molecule has 2 atom stereocenters. The Labute approximate surface area is 143 Å². The maximum atomic E-state index is 13.2. The van der Waals surface area contributed by atoms with E-state index in [1.807, 2.05) is 0 Å². The highest BCUT2D eigenvalue weighted by Crippen LogP contribution is 2.19. The molecule has 2 unspecified atom stereocenters. The van der Waals surface area contributed by atoms with Gasteiger partial charge in [-0.2, -0.15) is 4.98 Å². The van der Waals surface area contributed by atoms with Crippen molar-refractivity contribution in [3.05, 3.63) is 36.0 Å². The van der Waals surface area contributed by atoms with E-state index in [1.54, 1.807) is 13.0 Å². The first-order valence-electron chi connectivity index (χ1n) is 7.62. The number of urea groups is 1. The third kappa shape index (κ3) is 4.75. The number of carboxylic acid groups (broad SMARTS) is 1. The molecule has 1 aromatic heterocycles. The van der Waals surface area contributed by atoms with Crippen LogP contribution in [0.25, 0.3) is 11.4 Å². The molecule has 0 radical (unpaired) electrons. The number of nitrogens with one attached hydrogen (secondary N) is 1. The molecule has 8 nitrogen and oxygen atoms in total. The topological polar surface area (TPSA) is 109 Å². The molecule has 1 heterocycles. The Morgan fingerprint density at radius 1 is 1.40 bits per heavy atom. The second-order valence-electron chi connectivity index (χ2n) is 5.76. The van der Waals surface area contributed by atoms with E-state index in [-0.39, 0.29) is 18.3 Å². The number of carbonyl (C=O) groups is 2. The molecular weight excluding hydrogens is 331 g/mol. The van der Waals surface area contributed by atoms with Gasteiger partial charge in [0.1, 0.15) is 11.9 Å². The molecule has 1 aromatic carbocycles. The summed E-state index contributed by atoms with van der Waals surface area (Å²) in [7, 11) is 1.49. The largest absolute Gasteiger partial charge is 0.481 e. The molecule has 0 saturated heterocycles. The summed E-state index contributed by atoms with van der Waals surface area (Å²) < 4.78 is 18.4. The number of halogens is 1. The quantitative estimate of drug-likeness (QED) is 0.827. The fourth-order valence-corrected chi connectivity index (χ4v) is 2.08. The number of hydrogen-bond donors (Lipinski definition) is 2. The number of benzene rings is 1. The van der Waals surface area contributed by atoms with Crippen LogP contribution in [0.3, 0.4) is 0 Å². The van der Waals surface area contributed by atoms with Crippen LogP contribution in [-0.2, 0) is 4.79 Å². The predicted octanol–water partition coefficient (Wildman–Crippen LogP) is 2.30. The molecule has 0 aliphatic rings. The van der Waals surface area contributed by atoms with Crippen molar-refractivity contribution in [2.45, 2.75) is 19.9 Å². The van der Waals surface area contributed by atoms with Gasteiger partial charge >= 0.3 is 12.0 Å². The Balaban J connectivity index is 2.00. The lowest BCUT2D eigenvalue weighted by Gasteiger charge is -2.21. The monoisotopic (exact) mass is 350 g/mol. The van der Waals surface area contributed by atoms with E-state index in [1.165, 1.54) is 37.1 Å². The molecule has 2 amide bonds. The van der Waals surface area contributed by atoms with E-state index < -0.39 is 29.8 Å². The first-order chi connectivity index (χ1) is 11.8. The van der Waals surface area contributed by atoms with Crippen molar-refractivity contribution in [2.75, 3.05) is 13.6 Å². The van der Waals surface area contributed by atoms with Gasteiger partial charge in [0.25, 0.3) is 0 Å². The molecule has 0 fully saturated rings. The zero-order valence-corrected chi connectivity index (χ0v) is 14.1. The number of rotatable bonds is 6. The Morgan fingerprint density at radius 3 is 2.76 bits per heavy atom. The molecule has 0 bridgehead atoms. The average molecular weight is 350 g/mol. The second kappa shape index (κ2) is 7.73. The highest BCUT2D eigenvalue weighted by atomic mass is 19.1. The smallest absolute Gasteiger partial charge is 0.317 e. The van der Waals surface area contributed by atoms with Crippen LogP contribution in [0, 0.1) is 11.7 Å². The van der Waals surface area contributed by atoms with E-state index in [2.05, 4.69) is 15.5 Å². The highest BCUT2D eigenvalue weighted by molar-refractivity contribution is 5.76. The third-order valence-electron chi connectivity index (χ3n) is 3.55. The predicted molar refractivity (Wildman–Crippen MR) is 86.1 cm³/mol. The van der Waals surface area contributed by atoms with Crippen molar-refractivity contribution in [1.82, 2.24) is 20.4 Å². The Kier molecular flexibility index (Phi) is 5.68. The number of aromatic nitrogens is 2. The van der Waals surface area contributed by atoms with E-state index in [0.717, 1.165) is 0 Å². The van der Waals surface area contributed by atoms with E-state index in [9.17, 15) is 14.0 Å². The van der Waals surface area contributed by atoms with Gasteiger partial charge in [-0.25, -0.2) is 9.18 Å². The Bertz CT molecular complexity index is 764. The van der Waals surface area contributed by atoms with Crippen LogP contribution in [0.5, 0.6) is 0 Å². The lowest BCUT2D eigenvalue weighted by atomic mass is 10.2. The van der Waals surface area contributed by atoms with Crippen molar-refractivity contribution in [3.63, 3.8) is 0 Å². The number of carbonyl (C=O) groups excluding carboxylic acids is 1. The summed E-state index contributed by atoms with van der Waals surface area (Å²) in [6, 6.07) is 4.70. The molecule has 2 rings (SSSR count). The van der Waals surface area contributed by atoms with E-state index in [4.69, 9.17) is 9.63 Å². The van der Waals surface area contributed by atoms with Crippen LogP contribution < -0.4 is 5.32 Å². The van der Waals surface area contributed by atoms with Gasteiger partial charge in [0.05, 0.1) is 5.92 Å². The van der Waals surface area contributed by atoms with Gasteiger partial charge in [0.2, 0.25) is 11.7 Å². The summed E-state index contributed by atoms with van der Waals surface area (Å²) in [6.07, 6.45) is 0. The average Bonchev–Trinajstić information content (AvgIpc) is 3.04.